The molecule has 1 aromatic heterocycles. The molecule has 0 radical (unpaired) electrons. The number of carbonyl (C=O) groups excluding carboxylic acids is 2. The number of para-hydroxylation sites is 1. The summed E-state index contributed by atoms with van der Waals surface area (Å²) in [5, 5.41) is 8.96. The van der Waals surface area contributed by atoms with Crippen molar-refractivity contribution < 1.29 is 14.3 Å². The molecule has 0 unspecified atom stereocenters. The van der Waals surface area contributed by atoms with Crippen LogP contribution in [0.5, 0.6) is 5.75 Å². The van der Waals surface area contributed by atoms with E-state index in [1.165, 1.54) is 10.9 Å². The molecule has 2 amide bonds. The monoisotopic (exact) mass is 274 g/mol. The predicted octanol–water partition coefficient (Wildman–Crippen LogP) is 1.24. The standard InChI is InChI=1S/C13H14N4O3/c1-14-12(18)9-17-8-10(7-15-17)16-13(19)20-11-5-3-2-4-6-11/h2-8H,9H2,1H3,(H,14,18)(H,16,19). The van der Waals surface area contributed by atoms with Crippen molar-refractivity contribution in [2.45, 2.75) is 6.54 Å². The molecule has 2 N–H and O–H groups in total. The largest absolute Gasteiger partial charge is 0.417 e. The van der Waals surface area contributed by atoms with Crippen molar-refractivity contribution in [3.05, 3.63) is 42.7 Å². The molecule has 0 aliphatic rings. The number of anilines is 1. The van der Waals surface area contributed by atoms with Crippen LogP contribution in [0.4, 0.5) is 10.5 Å². The molecule has 0 fully saturated rings. The first-order chi connectivity index (χ1) is 9.67. The van der Waals surface area contributed by atoms with E-state index in [1.807, 2.05) is 6.07 Å². The molecular weight excluding hydrogens is 260 g/mol. The predicted molar refractivity (Wildman–Crippen MR) is 72.4 cm³/mol. The van der Waals surface area contributed by atoms with Crippen LogP contribution in [0.3, 0.4) is 0 Å². The SMILES string of the molecule is CNC(=O)Cn1cc(NC(=O)Oc2ccccc2)cn1. The van der Waals surface area contributed by atoms with E-state index in [2.05, 4.69) is 15.7 Å². The molecule has 2 aromatic rings. The number of hydrogen-bond acceptors (Lipinski definition) is 4. The Bertz CT molecular complexity index is 595. The lowest BCUT2D eigenvalue weighted by Crippen LogP contribution is -2.23. The molecular formula is C13H14N4O3. The van der Waals surface area contributed by atoms with Crippen molar-refractivity contribution in [2.75, 3.05) is 12.4 Å². The van der Waals surface area contributed by atoms with Gasteiger partial charge in [-0.25, -0.2) is 4.79 Å². The Hall–Kier alpha value is -2.83. The van der Waals surface area contributed by atoms with Crippen LogP contribution in [-0.4, -0.2) is 28.8 Å². The molecule has 7 nitrogen and oxygen atoms in total. The van der Waals surface area contributed by atoms with Gasteiger partial charge in [-0.3, -0.25) is 14.8 Å². The van der Waals surface area contributed by atoms with Crippen molar-refractivity contribution in [1.29, 1.82) is 0 Å². The fourth-order valence-corrected chi connectivity index (χ4v) is 1.48. The first kappa shape index (κ1) is 13.6. The van der Waals surface area contributed by atoms with Gasteiger partial charge in [0, 0.05) is 13.2 Å². The number of benzene rings is 1. The number of likely N-dealkylation sites (N-methyl/N-ethyl adjacent to an activating group) is 1. The fraction of sp³-hybridized carbons (Fsp3) is 0.154. The maximum atomic E-state index is 11.6. The third kappa shape index (κ3) is 3.84. The van der Waals surface area contributed by atoms with E-state index in [4.69, 9.17) is 4.74 Å². The minimum atomic E-state index is -0.615. The van der Waals surface area contributed by atoms with Gasteiger partial charge < -0.3 is 10.1 Å². The molecule has 0 saturated carbocycles. The van der Waals surface area contributed by atoms with Gasteiger partial charge in [0.05, 0.1) is 11.9 Å². The Kier molecular flexibility index (Phi) is 4.33. The lowest BCUT2D eigenvalue weighted by molar-refractivity contribution is -0.121. The number of ether oxygens (including phenoxy) is 1. The molecule has 104 valence electrons. The van der Waals surface area contributed by atoms with Gasteiger partial charge in [-0.1, -0.05) is 18.2 Å². The minimum Gasteiger partial charge on any atom is -0.410 e. The third-order valence-corrected chi connectivity index (χ3v) is 2.42. The molecule has 1 heterocycles. The maximum Gasteiger partial charge on any atom is 0.417 e. The summed E-state index contributed by atoms with van der Waals surface area (Å²) >= 11 is 0. The molecule has 0 atom stereocenters. The van der Waals surface area contributed by atoms with Gasteiger partial charge in [0.2, 0.25) is 5.91 Å². The summed E-state index contributed by atoms with van der Waals surface area (Å²) in [5.41, 5.74) is 0.454. The van der Waals surface area contributed by atoms with E-state index in [1.54, 1.807) is 37.5 Å². The second-order valence-electron chi connectivity index (χ2n) is 3.93. The highest BCUT2D eigenvalue weighted by molar-refractivity contribution is 5.86. The van der Waals surface area contributed by atoms with E-state index in [-0.39, 0.29) is 12.5 Å². The number of nitrogens with zero attached hydrogens (tertiary/aromatic N) is 2. The average Bonchev–Trinajstić information content (AvgIpc) is 2.86. The van der Waals surface area contributed by atoms with E-state index >= 15 is 0 Å². The third-order valence-electron chi connectivity index (χ3n) is 2.42. The van der Waals surface area contributed by atoms with Gasteiger partial charge in [0.25, 0.3) is 0 Å². The van der Waals surface area contributed by atoms with Crippen molar-refractivity contribution in [1.82, 2.24) is 15.1 Å². The highest BCUT2D eigenvalue weighted by atomic mass is 16.6. The summed E-state index contributed by atoms with van der Waals surface area (Å²) in [6.07, 6.45) is 2.37. The van der Waals surface area contributed by atoms with Crippen LogP contribution in [-0.2, 0) is 11.3 Å². The summed E-state index contributed by atoms with van der Waals surface area (Å²) in [7, 11) is 1.54. The van der Waals surface area contributed by atoms with Gasteiger partial charge in [0.1, 0.15) is 12.3 Å². The number of nitrogens with one attached hydrogen (secondary N) is 2. The lowest BCUT2D eigenvalue weighted by Gasteiger charge is -2.04. The minimum absolute atomic E-state index is 0.0892. The summed E-state index contributed by atoms with van der Waals surface area (Å²) < 4.78 is 6.48. The van der Waals surface area contributed by atoms with E-state index in [9.17, 15) is 9.59 Å². The smallest absolute Gasteiger partial charge is 0.410 e. The summed E-state index contributed by atoms with van der Waals surface area (Å²) in [5.74, 6) is 0.272. The van der Waals surface area contributed by atoms with Crippen LogP contribution < -0.4 is 15.4 Å². The molecule has 0 bridgehead atoms. The van der Waals surface area contributed by atoms with Crippen LogP contribution in [0.25, 0.3) is 0 Å². The van der Waals surface area contributed by atoms with Gasteiger partial charge in [-0.05, 0) is 12.1 Å². The number of rotatable bonds is 4. The molecule has 0 saturated heterocycles. The zero-order valence-electron chi connectivity index (χ0n) is 10.9. The number of carbonyl (C=O) groups is 2. The lowest BCUT2D eigenvalue weighted by atomic mass is 10.3. The maximum absolute atomic E-state index is 11.6. The Morgan fingerprint density at radius 1 is 1.30 bits per heavy atom. The fourth-order valence-electron chi connectivity index (χ4n) is 1.48. The average molecular weight is 274 g/mol. The van der Waals surface area contributed by atoms with Crippen molar-refractivity contribution in [3.63, 3.8) is 0 Å². The Balaban J connectivity index is 1.90. The zero-order valence-corrected chi connectivity index (χ0v) is 10.9. The quantitative estimate of drug-likeness (QED) is 0.878. The Morgan fingerprint density at radius 3 is 2.75 bits per heavy atom. The normalized spacial score (nSPS) is 9.85. The highest BCUT2D eigenvalue weighted by Crippen LogP contribution is 2.10. The summed E-state index contributed by atoms with van der Waals surface area (Å²) in [6, 6.07) is 8.71. The topological polar surface area (TPSA) is 85.2 Å². The van der Waals surface area contributed by atoms with Crippen LogP contribution in [0, 0.1) is 0 Å². The molecule has 0 aliphatic heterocycles. The summed E-state index contributed by atoms with van der Waals surface area (Å²) in [6.45, 7) is 0.0892. The molecule has 2 rings (SSSR count). The molecule has 0 aliphatic carbocycles. The highest BCUT2D eigenvalue weighted by Gasteiger charge is 2.07. The second kappa shape index (κ2) is 6.37. The van der Waals surface area contributed by atoms with Crippen molar-refractivity contribution >= 4 is 17.7 Å². The Labute approximate surface area is 115 Å². The zero-order chi connectivity index (χ0) is 14.4. The van der Waals surface area contributed by atoms with Gasteiger partial charge in [-0.2, -0.15) is 5.10 Å². The van der Waals surface area contributed by atoms with Crippen LogP contribution in [0.2, 0.25) is 0 Å². The van der Waals surface area contributed by atoms with E-state index < -0.39 is 6.09 Å². The molecule has 20 heavy (non-hydrogen) atoms. The van der Waals surface area contributed by atoms with E-state index in [0.29, 0.717) is 11.4 Å². The van der Waals surface area contributed by atoms with Gasteiger partial charge in [0.15, 0.2) is 0 Å². The number of hydrogen-bond donors (Lipinski definition) is 2. The number of amides is 2. The first-order valence-corrected chi connectivity index (χ1v) is 5.94. The first-order valence-electron chi connectivity index (χ1n) is 5.94. The van der Waals surface area contributed by atoms with Crippen molar-refractivity contribution in [2.24, 2.45) is 0 Å². The van der Waals surface area contributed by atoms with Crippen molar-refractivity contribution in [3.8, 4) is 5.75 Å². The van der Waals surface area contributed by atoms with Gasteiger partial charge in [-0.15, -0.1) is 0 Å². The van der Waals surface area contributed by atoms with E-state index in [0.717, 1.165) is 0 Å². The molecule has 7 heteroatoms. The van der Waals surface area contributed by atoms with Gasteiger partial charge >= 0.3 is 6.09 Å². The number of aromatic nitrogens is 2. The van der Waals surface area contributed by atoms with Crippen LogP contribution in [0.15, 0.2) is 42.7 Å². The van der Waals surface area contributed by atoms with Crippen LogP contribution in [0.1, 0.15) is 0 Å². The molecule has 0 spiro atoms. The molecule has 1 aromatic carbocycles. The summed E-state index contributed by atoms with van der Waals surface area (Å²) in [4.78, 5) is 22.8. The van der Waals surface area contributed by atoms with Crippen LogP contribution >= 0.6 is 0 Å². The Morgan fingerprint density at radius 2 is 2.05 bits per heavy atom. The second-order valence-corrected chi connectivity index (χ2v) is 3.93.